The molecule has 3 aliphatic rings. The topological polar surface area (TPSA) is 43.9 Å². The first-order chi connectivity index (χ1) is 12.1. The van der Waals surface area contributed by atoms with E-state index >= 15 is 0 Å². The first kappa shape index (κ1) is 16.5. The average molecular weight is 357 g/mol. The molecule has 0 aromatic heterocycles. The fourth-order valence-electron chi connectivity index (χ4n) is 4.81. The first-order valence-corrected chi connectivity index (χ1v) is 9.49. The van der Waals surface area contributed by atoms with E-state index in [2.05, 4.69) is 11.0 Å². The Morgan fingerprint density at radius 3 is 2.40 bits per heavy atom. The van der Waals surface area contributed by atoms with Crippen LogP contribution in [0.2, 0.25) is 0 Å². The summed E-state index contributed by atoms with van der Waals surface area (Å²) < 4.78 is 0. The van der Waals surface area contributed by atoms with Gasteiger partial charge >= 0.3 is 0 Å². The number of amides is 2. The number of benzene rings is 1. The van der Waals surface area contributed by atoms with Gasteiger partial charge in [-0.3, -0.25) is 19.4 Å². The number of fused-ring (bicyclic) bond motifs is 4. The molecule has 1 spiro atoms. The van der Waals surface area contributed by atoms with Crippen LogP contribution in [0.15, 0.2) is 24.3 Å². The number of hydrogen-bond donors (Lipinski definition) is 0. The Balaban J connectivity index is 1.91. The Labute approximate surface area is 153 Å². The lowest BCUT2D eigenvalue weighted by Gasteiger charge is -2.52. The van der Waals surface area contributed by atoms with Crippen molar-refractivity contribution >= 4 is 34.8 Å². The van der Waals surface area contributed by atoms with E-state index in [0.717, 1.165) is 24.9 Å². The summed E-state index contributed by atoms with van der Waals surface area (Å²) in [4.78, 5) is 32.6. The third-order valence-corrected chi connectivity index (χ3v) is 6.38. The van der Waals surface area contributed by atoms with Gasteiger partial charge in [-0.1, -0.05) is 18.2 Å². The summed E-state index contributed by atoms with van der Waals surface area (Å²) in [5, 5.41) is 0.356. The second-order valence-electron chi connectivity index (χ2n) is 7.01. The Bertz CT molecular complexity index is 737. The number of anilines is 1. The maximum Gasteiger partial charge on any atom is 0.246 e. The summed E-state index contributed by atoms with van der Waals surface area (Å²) in [6, 6.07) is 8.10. The molecule has 0 unspecified atom stereocenters. The van der Waals surface area contributed by atoms with Crippen molar-refractivity contribution in [3.05, 3.63) is 29.8 Å². The molecule has 2 fully saturated rings. The van der Waals surface area contributed by atoms with Gasteiger partial charge in [0.1, 0.15) is 0 Å². The molecule has 6 heteroatoms. The maximum absolute atomic E-state index is 13.5. The molecule has 1 aromatic carbocycles. The van der Waals surface area contributed by atoms with E-state index in [0.29, 0.717) is 24.6 Å². The van der Waals surface area contributed by atoms with Crippen LogP contribution in [0.3, 0.4) is 0 Å². The van der Waals surface area contributed by atoms with Crippen LogP contribution in [0, 0.1) is 5.41 Å². The van der Waals surface area contributed by atoms with Crippen molar-refractivity contribution < 1.29 is 9.59 Å². The molecular formula is C19H23N3O2S. The van der Waals surface area contributed by atoms with Gasteiger partial charge in [-0.05, 0) is 57.0 Å². The highest BCUT2D eigenvalue weighted by Gasteiger charge is 2.63. The number of thiocarbonyl (C=S) groups is 1. The molecule has 0 bridgehead atoms. The predicted octanol–water partition coefficient (Wildman–Crippen LogP) is 2.19. The van der Waals surface area contributed by atoms with E-state index in [-0.39, 0.29) is 17.9 Å². The zero-order valence-corrected chi connectivity index (χ0v) is 15.5. The minimum atomic E-state index is -1.04. The summed E-state index contributed by atoms with van der Waals surface area (Å²) >= 11 is 5.45. The monoisotopic (exact) mass is 357 g/mol. The number of hydrogen-bond acceptors (Lipinski definition) is 4. The minimum absolute atomic E-state index is 0.0754. The highest BCUT2D eigenvalue weighted by atomic mass is 32.1. The van der Waals surface area contributed by atoms with Gasteiger partial charge in [0.25, 0.3) is 0 Å². The van der Waals surface area contributed by atoms with Crippen LogP contribution in [0.5, 0.6) is 0 Å². The summed E-state index contributed by atoms with van der Waals surface area (Å²) in [5.41, 5.74) is 1.22. The molecule has 1 atom stereocenters. The molecule has 2 amide bonds. The van der Waals surface area contributed by atoms with Crippen LogP contribution in [0.25, 0.3) is 0 Å². The standard InChI is InChI=1S/C19H23N3O2S/c1-3-20-16(23)19(17(24)21(4-2)18(20)25)12-13-8-5-6-9-14(13)22-11-7-10-15(19)22/h5-6,8-9,15H,3-4,7,10-12H2,1-2H3/t15-/m0/s1. The highest BCUT2D eigenvalue weighted by molar-refractivity contribution is 7.80. The van der Waals surface area contributed by atoms with E-state index in [1.165, 1.54) is 5.69 Å². The highest BCUT2D eigenvalue weighted by Crippen LogP contribution is 2.49. The van der Waals surface area contributed by atoms with Gasteiger partial charge in [-0.15, -0.1) is 0 Å². The van der Waals surface area contributed by atoms with E-state index in [1.54, 1.807) is 9.80 Å². The minimum Gasteiger partial charge on any atom is -0.367 e. The number of para-hydroxylation sites is 1. The zero-order valence-electron chi connectivity index (χ0n) is 14.7. The van der Waals surface area contributed by atoms with Gasteiger partial charge in [0.2, 0.25) is 11.8 Å². The maximum atomic E-state index is 13.5. The van der Waals surface area contributed by atoms with Crippen molar-refractivity contribution in [2.24, 2.45) is 5.41 Å². The number of carbonyl (C=O) groups excluding carboxylic acids is 2. The molecule has 0 radical (unpaired) electrons. The van der Waals surface area contributed by atoms with Crippen molar-refractivity contribution in [2.75, 3.05) is 24.5 Å². The lowest BCUT2D eigenvalue weighted by Crippen LogP contribution is -2.71. The Morgan fingerprint density at radius 1 is 1.12 bits per heavy atom. The van der Waals surface area contributed by atoms with Crippen molar-refractivity contribution in [3.8, 4) is 0 Å². The molecule has 0 aliphatic carbocycles. The molecule has 1 aromatic rings. The average Bonchev–Trinajstić information content (AvgIpc) is 3.11. The fraction of sp³-hybridized carbons (Fsp3) is 0.526. The summed E-state index contributed by atoms with van der Waals surface area (Å²) in [7, 11) is 0. The molecule has 132 valence electrons. The summed E-state index contributed by atoms with van der Waals surface area (Å²) in [6.07, 6.45) is 2.34. The molecule has 4 rings (SSSR count). The lowest BCUT2D eigenvalue weighted by molar-refractivity contribution is -0.158. The molecule has 3 aliphatic heterocycles. The third kappa shape index (κ3) is 2.03. The molecule has 3 heterocycles. The zero-order chi connectivity index (χ0) is 17.8. The van der Waals surface area contributed by atoms with Crippen LogP contribution in [0.1, 0.15) is 32.3 Å². The fourth-order valence-corrected chi connectivity index (χ4v) is 5.24. The number of rotatable bonds is 2. The SMILES string of the molecule is CCN1C(=O)C2(Cc3ccccc3N3CCC[C@H]32)C(=O)N(CC)C1=S. The number of carbonyl (C=O) groups is 2. The van der Waals surface area contributed by atoms with Gasteiger partial charge in [0.15, 0.2) is 10.5 Å². The van der Waals surface area contributed by atoms with Gasteiger partial charge in [-0.25, -0.2) is 0 Å². The summed E-state index contributed by atoms with van der Waals surface area (Å²) in [6.45, 7) is 5.73. The molecule has 2 saturated heterocycles. The smallest absolute Gasteiger partial charge is 0.246 e. The predicted molar refractivity (Wildman–Crippen MR) is 100 cm³/mol. The Kier molecular flexibility index (Phi) is 3.83. The Morgan fingerprint density at radius 2 is 1.76 bits per heavy atom. The lowest BCUT2D eigenvalue weighted by atomic mass is 9.68. The summed E-state index contributed by atoms with van der Waals surface area (Å²) in [5.74, 6) is -0.220. The second-order valence-corrected chi connectivity index (χ2v) is 7.37. The van der Waals surface area contributed by atoms with Crippen molar-refractivity contribution in [1.29, 1.82) is 0 Å². The number of nitrogens with zero attached hydrogens (tertiary/aromatic N) is 3. The third-order valence-electron chi connectivity index (χ3n) is 5.94. The molecule has 0 N–H and O–H groups in total. The largest absolute Gasteiger partial charge is 0.367 e. The normalized spacial score (nSPS) is 24.8. The molecule has 25 heavy (non-hydrogen) atoms. The second kappa shape index (κ2) is 5.80. The van der Waals surface area contributed by atoms with E-state index in [4.69, 9.17) is 12.2 Å². The van der Waals surface area contributed by atoms with Crippen LogP contribution >= 0.6 is 12.2 Å². The van der Waals surface area contributed by atoms with Crippen LogP contribution in [0.4, 0.5) is 5.69 Å². The van der Waals surface area contributed by atoms with Gasteiger partial charge in [0, 0.05) is 25.3 Å². The van der Waals surface area contributed by atoms with E-state index in [9.17, 15) is 9.59 Å². The van der Waals surface area contributed by atoms with Crippen molar-refractivity contribution in [3.63, 3.8) is 0 Å². The van der Waals surface area contributed by atoms with Crippen LogP contribution in [-0.2, 0) is 16.0 Å². The molecule has 0 saturated carbocycles. The van der Waals surface area contributed by atoms with Crippen molar-refractivity contribution in [1.82, 2.24) is 9.80 Å². The van der Waals surface area contributed by atoms with E-state index < -0.39 is 5.41 Å². The van der Waals surface area contributed by atoms with Gasteiger partial charge < -0.3 is 4.90 Å². The Hall–Kier alpha value is -1.95. The van der Waals surface area contributed by atoms with Crippen molar-refractivity contribution in [2.45, 2.75) is 39.2 Å². The quantitative estimate of drug-likeness (QED) is 0.601. The molecular weight excluding hydrogens is 334 g/mol. The van der Waals surface area contributed by atoms with Crippen LogP contribution < -0.4 is 4.90 Å². The first-order valence-electron chi connectivity index (χ1n) is 9.08. The van der Waals surface area contributed by atoms with Gasteiger partial charge in [-0.2, -0.15) is 0 Å². The van der Waals surface area contributed by atoms with Gasteiger partial charge in [0.05, 0.1) is 6.04 Å². The van der Waals surface area contributed by atoms with Crippen LogP contribution in [-0.4, -0.2) is 52.4 Å². The van der Waals surface area contributed by atoms with E-state index in [1.807, 2.05) is 32.0 Å². The molecule has 5 nitrogen and oxygen atoms in total.